The Morgan fingerprint density at radius 3 is 2.85 bits per heavy atom. The van der Waals surface area contributed by atoms with Crippen LogP contribution in [0.4, 0.5) is 0 Å². The van der Waals surface area contributed by atoms with Gasteiger partial charge in [0.05, 0.1) is 7.11 Å². The number of hydrogen-bond donors (Lipinski definition) is 0. The zero-order valence-corrected chi connectivity index (χ0v) is 7.70. The summed E-state index contributed by atoms with van der Waals surface area (Å²) in [5.74, 6) is 0.437. The number of rotatable bonds is 3. The number of aromatic nitrogens is 1. The van der Waals surface area contributed by atoms with Gasteiger partial charge in [0.25, 0.3) is 0 Å². The normalized spacial score (nSPS) is 9.38. The molecule has 1 aromatic rings. The highest BCUT2D eigenvalue weighted by atomic mass is 16.5. The van der Waals surface area contributed by atoms with Gasteiger partial charge in [-0.15, -0.1) is 0 Å². The number of aldehydes is 1. The molecule has 0 spiro atoms. The van der Waals surface area contributed by atoms with Gasteiger partial charge in [-0.05, 0) is 12.5 Å². The maximum atomic E-state index is 10.7. The van der Waals surface area contributed by atoms with E-state index in [2.05, 4.69) is 11.6 Å². The van der Waals surface area contributed by atoms with E-state index in [1.165, 1.54) is 7.11 Å². The van der Waals surface area contributed by atoms with Gasteiger partial charge in [-0.1, -0.05) is 6.58 Å². The molecule has 0 aliphatic heterocycles. The Balaban J connectivity index is 3.23. The Morgan fingerprint density at radius 1 is 1.69 bits per heavy atom. The minimum absolute atomic E-state index is 0.437. The van der Waals surface area contributed by atoms with Crippen LogP contribution in [0.1, 0.15) is 22.8 Å². The van der Waals surface area contributed by atoms with Crippen LogP contribution in [-0.2, 0) is 0 Å². The fraction of sp³-hybridized carbons (Fsp3) is 0.200. The van der Waals surface area contributed by atoms with Crippen LogP contribution in [0.5, 0.6) is 5.88 Å². The number of carbonyl (C=O) groups excluding carboxylic acids is 1. The lowest BCUT2D eigenvalue weighted by Gasteiger charge is -2.04. The molecule has 0 aliphatic carbocycles. The summed E-state index contributed by atoms with van der Waals surface area (Å²) >= 11 is 0. The Kier molecular flexibility index (Phi) is 2.80. The Morgan fingerprint density at radius 2 is 2.38 bits per heavy atom. The molecule has 0 aromatic carbocycles. The molecule has 0 atom stereocenters. The molecule has 1 aromatic heterocycles. The monoisotopic (exact) mass is 177 g/mol. The van der Waals surface area contributed by atoms with E-state index in [9.17, 15) is 4.79 Å². The lowest BCUT2D eigenvalue weighted by atomic mass is 10.1. The quantitative estimate of drug-likeness (QED) is 0.662. The zero-order chi connectivity index (χ0) is 9.84. The summed E-state index contributed by atoms with van der Waals surface area (Å²) in [5.41, 5.74) is 2.13. The standard InChI is InChI=1S/C10H11NO2/c1-7(2)9-5-11-10(13-3)4-8(9)6-12/h4-6H,1H2,2-3H3. The van der Waals surface area contributed by atoms with Crippen molar-refractivity contribution in [1.82, 2.24) is 4.98 Å². The summed E-state index contributed by atoms with van der Waals surface area (Å²) in [5, 5.41) is 0. The number of methoxy groups -OCH3 is 1. The molecule has 0 aliphatic rings. The summed E-state index contributed by atoms with van der Waals surface area (Å²) in [6, 6.07) is 1.59. The molecular formula is C10H11NO2. The van der Waals surface area contributed by atoms with Crippen LogP contribution in [0.2, 0.25) is 0 Å². The van der Waals surface area contributed by atoms with E-state index in [1.807, 2.05) is 6.92 Å². The van der Waals surface area contributed by atoms with Crippen molar-refractivity contribution >= 4 is 11.9 Å². The molecule has 68 valence electrons. The molecule has 13 heavy (non-hydrogen) atoms. The maximum absolute atomic E-state index is 10.7. The van der Waals surface area contributed by atoms with Gasteiger partial charge in [-0.2, -0.15) is 0 Å². The van der Waals surface area contributed by atoms with Gasteiger partial charge < -0.3 is 4.74 Å². The summed E-state index contributed by atoms with van der Waals surface area (Å²) < 4.78 is 4.89. The van der Waals surface area contributed by atoms with Crippen molar-refractivity contribution < 1.29 is 9.53 Å². The number of ether oxygens (including phenoxy) is 1. The predicted molar refractivity (Wildman–Crippen MR) is 50.9 cm³/mol. The van der Waals surface area contributed by atoms with E-state index in [4.69, 9.17) is 4.74 Å². The van der Waals surface area contributed by atoms with Crippen molar-refractivity contribution in [3.05, 3.63) is 30.0 Å². The van der Waals surface area contributed by atoms with Crippen LogP contribution in [-0.4, -0.2) is 18.4 Å². The third-order valence-electron chi connectivity index (χ3n) is 1.71. The van der Waals surface area contributed by atoms with Crippen molar-refractivity contribution in [2.24, 2.45) is 0 Å². The highest BCUT2D eigenvalue weighted by molar-refractivity contribution is 5.84. The number of nitrogens with zero attached hydrogens (tertiary/aromatic N) is 1. The summed E-state index contributed by atoms with van der Waals surface area (Å²) in [7, 11) is 1.51. The van der Waals surface area contributed by atoms with Gasteiger partial charge in [-0.25, -0.2) is 4.98 Å². The second-order valence-electron chi connectivity index (χ2n) is 2.71. The average Bonchev–Trinajstić information content (AvgIpc) is 2.16. The van der Waals surface area contributed by atoms with Crippen LogP contribution in [0, 0.1) is 0 Å². The van der Waals surface area contributed by atoms with E-state index in [-0.39, 0.29) is 0 Å². The number of hydrogen-bond acceptors (Lipinski definition) is 3. The lowest BCUT2D eigenvalue weighted by molar-refractivity contribution is 0.112. The molecule has 0 saturated carbocycles. The molecule has 0 radical (unpaired) electrons. The largest absolute Gasteiger partial charge is 0.481 e. The first-order valence-electron chi connectivity index (χ1n) is 3.84. The second-order valence-corrected chi connectivity index (χ2v) is 2.71. The van der Waals surface area contributed by atoms with Crippen LogP contribution >= 0.6 is 0 Å². The molecule has 0 saturated heterocycles. The summed E-state index contributed by atoms with van der Waals surface area (Å²) in [6.45, 7) is 5.58. The van der Waals surface area contributed by atoms with Crippen molar-refractivity contribution in [3.8, 4) is 5.88 Å². The minimum Gasteiger partial charge on any atom is -0.481 e. The van der Waals surface area contributed by atoms with Gasteiger partial charge in [0, 0.05) is 23.4 Å². The van der Waals surface area contributed by atoms with Gasteiger partial charge in [0.1, 0.15) is 0 Å². The van der Waals surface area contributed by atoms with E-state index >= 15 is 0 Å². The molecule has 0 amide bonds. The van der Waals surface area contributed by atoms with E-state index < -0.39 is 0 Å². The molecule has 0 unspecified atom stereocenters. The molecular weight excluding hydrogens is 166 g/mol. The first-order chi connectivity index (χ1) is 6.19. The molecule has 3 heteroatoms. The van der Waals surface area contributed by atoms with Crippen LogP contribution in [0.3, 0.4) is 0 Å². The van der Waals surface area contributed by atoms with Gasteiger partial charge in [0.2, 0.25) is 5.88 Å². The van der Waals surface area contributed by atoms with Crippen molar-refractivity contribution in [3.63, 3.8) is 0 Å². The zero-order valence-electron chi connectivity index (χ0n) is 7.70. The minimum atomic E-state index is 0.437. The van der Waals surface area contributed by atoms with Crippen LogP contribution < -0.4 is 4.74 Å². The highest BCUT2D eigenvalue weighted by Gasteiger charge is 2.04. The van der Waals surface area contributed by atoms with Crippen molar-refractivity contribution in [1.29, 1.82) is 0 Å². The maximum Gasteiger partial charge on any atom is 0.213 e. The number of allylic oxidation sites excluding steroid dienone is 1. The van der Waals surface area contributed by atoms with Crippen LogP contribution in [0.15, 0.2) is 18.8 Å². The van der Waals surface area contributed by atoms with E-state index in [0.717, 1.165) is 17.4 Å². The highest BCUT2D eigenvalue weighted by Crippen LogP contribution is 2.18. The lowest BCUT2D eigenvalue weighted by Crippen LogP contribution is -1.94. The summed E-state index contributed by atoms with van der Waals surface area (Å²) in [4.78, 5) is 14.7. The smallest absolute Gasteiger partial charge is 0.213 e. The van der Waals surface area contributed by atoms with Gasteiger partial charge in [-0.3, -0.25) is 4.79 Å². The molecule has 1 rings (SSSR count). The Bertz CT molecular complexity index is 345. The summed E-state index contributed by atoms with van der Waals surface area (Å²) in [6.07, 6.45) is 2.36. The average molecular weight is 177 g/mol. The van der Waals surface area contributed by atoms with Crippen molar-refractivity contribution in [2.75, 3.05) is 7.11 Å². The van der Waals surface area contributed by atoms with E-state index in [0.29, 0.717) is 11.4 Å². The second kappa shape index (κ2) is 3.85. The number of carbonyl (C=O) groups is 1. The van der Waals surface area contributed by atoms with Crippen molar-refractivity contribution in [2.45, 2.75) is 6.92 Å². The fourth-order valence-corrected chi connectivity index (χ4v) is 1.02. The third kappa shape index (κ3) is 1.93. The van der Waals surface area contributed by atoms with Gasteiger partial charge in [0.15, 0.2) is 6.29 Å². The fourth-order valence-electron chi connectivity index (χ4n) is 1.02. The third-order valence-corrected chi connectivity index (χ3v) is 1.71. The first kappa shape index (κ1) is 9.45. The Hall–Kier alpha value is -1.64. The molecule has 0 bridgehead atoms. The molecule has 0 fully saturated rings. The molecule has 0 N–H and O–H groups in total. The van der Waals surface area contributed by atoms with Gasteiger partial charge >= 0.3 is 0 Å². The Labute approximate surface area is 77.1 Å². The van der Waals surface area contributed by atoms with E-state index in [1.54, 1.807) is 12.3 Å². The van der Waals surface area contributed by atoms with Crippen LogP contribution in [0.25, 0.3) is 5.57 Å². The first-order valence-corrected chi connectivity index (χ1v) is 3.84. The number of pyridine rings is 1. The topological polar surface area (TPSA) is 39.2 Å². The predicted octanol–water partition coefficient (Wildman–Crippen LogP) is 1.94. The molecule has 3 nitrogen and oxygen atoms in total. The SMILES string of the molecule is C=C(C)c1cnc(OC)cc1C=O. The molecule has 1 heterocycles.